The van der Waals surface area contributed by atoms with E-state index in [1.807, 2.05) is 11.8 Å². The van der Waals surface area contributed by atoms with Crippen LogP contribution in [0.2, 0.25) is 0 Å². The molecule has 1 atom stereocenters. The predicted molar refractivity (Wildman–Crippen MR) is 44.1 cm³/mol. The van der Waals surface area contributed by atoms with Gasteiger partial charge in [-0.2, -0.15) is 0 Å². The zero-order chi connectivity index (χ0) is 8.43. The number of likely N-dealkylation sites (N-methyl/N-ethyl adjacent to an activating group) is 2. The van der Waals surface area contributed by atoms with Crippen molar-refractivity contribution in [3.05, 3.63) is 0 Å². The molecule has 0 aliphatic carbocycles. The van der Waals surface area contributed by atoms with Crippen LogP contribution in [0, 0.1) is 0 Å². The minimum absolute atomic E-state index is 0.266. The van der Waals surface area contributed by atoms with Crippen molar-refractivity contribution in [2.24, 2.45) is 0 Å². The second-order valence-electron chi connectivity index (χ2n) is 2.87. The molecule has 1 heterocycles. The van der Waals surface area contributed by atoms with Gasteiger partial charge in [0.05, 0.1) is 12.7 Å². The highest BCUT2D eigenvalue weighted by Gasteiger charge is 2.31. The van der Waals surface area contributed by atoms with Crippen molar-refractivity contribution in [3.63, 3.8) is 0 Å². The number of hydrogen-bond acceptors (Lipinski definition) is 2. The number of carbonyl (C=O) groups excluding carboxylic acids is 1. The third-order valence-corrected chi connectivity index (χ3v) is 2.39. The second kappa shape index (κ2) is 3.22. The van der Waals surface area contributed by atoms with Gasteiger partial charge in [0.1, 0.15) is 0 Å². The summed E-state index contributed by atoms with van der Waals surface area (Å²) < 4.78 is 0. The molecule has 0 N–H and O–H groups in total. The Morgan fingerprint density at radius 1 is 1.45 bits per heavy atom. The van der Waals surface area contributed by atoms with Crippen LogP contribution in [0.15, 0.2) is 0 Å². The van der Waals surface area contributed by atoms with Crippen molar-refractivity contribution >= 4 is 5.91 Å². The van der Waals surface area contributed by atoms with Gasteiger partial charge in [0.25, 0.3) is 0 Å². The number of carbonyl (C=O) groups is 1. The van der Waals surface area contributed by atoms with Crippen molar-refractivity contribution < 1.29 is 4.79 Å². The summed E-state index contributed by atoms with van der Waals surface area (Å²) in [7, 11) is 0. The number of hydrogen-bond donors (Lipinski definition) is 0. The molecule has 0 aromatic carbocycles. The molecule has 0 saturated carbocycles. The van der Waals surface area contributed by atoms with Crippen LogP contribution < -0.4 is 0 Å². The maximum atomic E-state index is 11.3. The van der Waals surface area contributed by atoms with Gasteiger partial charge >= 0.3 is 0 Å². The van der Waals surface area contributed by atoms with E-state index >= 15 is 0 Å². The molecule has 64 valence electrons. The van der Waals surface area contributed by atoms with E-state index in [0.29, 0.717) is 12.7 Å². The highest BCUT2D eigenvalue weighted by molar-refractivity contribution is 5.80. The average Bonchev–Trinajstić information content (AvgIpc) is 2.26. The van der Waals surface area contributed by atoms with Gasteiger partial charge in [-0.25, -0.2) is 0 Å². The van der Waals surface area contributed by atoms with Crippen LogP contribution in [0.5, 0.6) is 0 Å². The van der Waals surface area contributed by atoms with E-state index < -0.39 is 0 Å². The molecule has 0 aromatic heterocycles. The summed E-state index contributed by atoms with van der Waals surface area (Å²) in [5, 5.41) is 0. The number of rotatable bonds is 2. The quantitative estimate of drug-likeness (QED) is 0.582. The molecule has 1 aliphatic rings. The monoisotopic (exact) mass is 156 g/mol. The average molecular weight is 156 g/mol. The zero-order valence-electron chi connectivity index (χ0n) is 7.50. The molecule has 3 heteroatoms. The third-order valence-electron chi connectivity index (χ3n) is 2.39. The van der Waals surface area contributed by atoms with E-state index in [0.717, 1.165) is 13.1 Å². The van der Waals surface area contributed by atoms with Crippen LogP contribution in [0.3, 0.4) is 0 Å². The van der Waals surface area contributed by atoms with Crippen LogP contribution in [0.1, 0.15) is 20.8 Å². The fourth-order valence-corrected chi connectivity index (χ4v) is 1.62. The molecular formula is C8H16N2O. The highest BCUT2D eigenvalue weighted by Crippen LogP contribution is 2.13. The fourth-order valence-electron chi connectivity index (χ4n) is 1.62. The van der Waals surface area contributed by atoms with Gasteiger partial charge in [-0.05, 0) is 20.4 Å². The van der Waals surface area contributed by atoms with Crippen molar-refractivity contribution in [1.82, 2.24) is 9.80 Å². The Labute approximate surface area is 68.0 Å². The Bertz CT molecular complexity index is 158. The Hall–Kier alpha value is -0.570. The molecule has 1 amide bonds. The summed E-state index contributed by atoms with van der Waals surface area (Å²) in [4.78, 5) is 15.3. The lowest BCUT2D eigenvalue weighted by Crippen LogP contribution is -2.36. The smallest absolute Gasteiger partial charge is 0.238 e. The summed E-state index contributed by atoms with van der Waals surface area (Å²) in [6.07, 6.45) is 0.303. The third kappa shape index (κ3) is 1.38. The van der Waals surface area contributed by atoms with Crippen molar-refractivity contribution in [2.45, 2.75) is 26.9 Å². The van der Waals surface area contributed by atoms with Crippen molar-refractivity contribution in [1.29, 1.82) is 0 Å². The minimum Gasteiger partial charge on any atom is -0.326 e. The number of amides is 1. The summed E-state index contributed by atoms with van der Waals surface area (Å²) >= 11 is 0. The summed E-state index contributed by atoms with van der Waals surface area (Å²) in [6.45, 7) is 8.58. The first-order valence-corrected chi connectivity index (χ1v) is 4.24. The molecule has 11 heavy (non-hydrogen) atoms. The van der Waals surface area contributed by atoms with E-state index in [4.69, 9.17) is 0 Å². The van der Waals surface area contributed by atoms with Gasteiger partial charge in [0.2, 0.25) is 5.91 Å². The van der Waals surface area contributed by atoms with E-state index in [1.165, 1.54) is 0 Å². The summed E-state index contributed by atoms with van der Waals surface area (Å²) in [5.41, 5.74) is 0. The normalized spacial score (nSPS) is 26.6. The van der Waals surface area contributed by atoms with Gasteiger partial charge in [-0.3, -0.25) is 9.69 Å². The van der Waals surface area contributed by atoms with E-state index in [9.17, 15) is 4.79 Å². The van der Waals surface area contributed by atoms with Crippen LogP contribution in [-0.4, -0.2) is 41.5 Å². The first-order chi connectivity index (χ1) is 5.20. The summed E-state index contributed by atoms with van der Waals surface area (Å²) in [5.74, 6) is 0.266. The van der Waals surface area contributed by atoms with Gasteiger partial charge in [0, 0.05) is 6.54 Å². The maximum Gasteiger partial charge on any atom is 0.238 e. The SMILES string of the molecule is CCN1CC(=O)N(CC)C1C. The first kappa shape index (κ1) is 8.53. The lowest BCUT2D eigenvalue weighted by Gasteiger charge is -2.24. The van der Waals surface area contributed by atoms with Crippen LogP contribution in [0.4, 0.5) is 0 Å². The van der Waals surface area contributed by atoms with Gasteiger partial charge < -0.3 is 4.90 Å². The van der Waals surface area contributed by atoms with Crippen LogP contribution in [0.25, 0.3) is 0 Å². The van der Waals surface area contributed by atoms with Crippen LogP contribution >= 0.6 is 0 Å². The van der Waals surface area contributed by atoms with Gasteiger partial charge in [-0.1, -0.05) is 6.92 Å². The van der Waals surface area contributed by atoms with Crippen molar-refractivity contribution in [3.8, 4) is 0 Å². The van der Waals surface area contributed by atoms with Gasteiger partial charge in [-0.15, -0.1) is 0 Å². The maximum absolute atomic E-state index is 11.3. The highest BCUT2D eigenvalue weighted by atomic mass is 16.2. The fraction of sp³-hybridized carbons (Fsp3) is 0.875. The second-order valence-corrected chi connectivity index (χ2v) is 2.87. The Balaban J connectivity index is 2.62. The molecule has 0 spiro atoms. The molecule has 1 saturated heterocycles. The molecule has 1 unspecified atom stereocenters. The van der Waals surface area contributed by atoms with Crippen LogP contribution in [-0.2, 0) is 4.79 Å². The molecule has 0 aromatic rings. The Morgan fingerprint density at radius 2 is 2.09 bits per heavy atom. The Kier molecular flexibility index (Phi) is 2.49. The number of nitrogens with zero attached hydrogens (tertiary/aromatic N) is 2. The molecular weight excluding hydrogens is 140 g/mol. The lowest BCUT2D eigenvalue weighted by molar-refractivity contribution is -0.127. The molecule has 0 bridgehead atoms. The molecule has 0 radical (unpaired) electrons. The van der Waals surface area contributed by atoms with E-state index in [1.54, 1.807) is 0 Å². The van der Waals surface area contributed by atoms with Crippen molar-refractivity contribution in [2.75, 3.05) is 19.6 Å². The lowest BCUT2D eigenvalue weighted by atomic mass is 10.4. The largest absolute Gasteiger partial charge is 0.326 e. The van der Waals surface area contributed by atoms with E-state index in [-0.39, 0.29) is 5.91 Å². The summed E-state index contributed by atoms with van der Waals surface area (Å²) in [6, 6.07) is 0. The topological polar surface area (TPSA) is 23.6 Å². The molecule has 1 fully saturated rings. The standard InChI is InChI=1S/C8H16N2O/c1-4-9-6-8(11)10(5-2)7(9)3/h7H,4-6H2,1-3H3. The minimum atomic E-state index is 0.266. The molecule has 1 rings (SSSR count). The Morgan fingerprint density at radius 3 is 2.36 bits per heavy atom. The first-order valence-electron chi connectivity index (χ1n) is 4.24. The van der Waals surface area contributed by atoms with Gasteiger partial charge in [0.15, 0.2) is 0 Å². The molecule has 1 aliphatic heterocycles. The zero-order valence-corrected chi connectivity index (χ0v) is 7.50. The molecule has 3 nitrogen and oxygen atoms in total. The predicted octanol–water partition coefficient (Wildman–Crippen LogP) is 0.516. The van der Waals surface area contributed by atoms with E-state index in [2.05, 4.69) is 18.7 Å².